The van der Waals surface area contributed by atoms with Crippen LogP contribution in [0, 0.1) is 5.92 Å². The molecule has 0 radical (unpaired) electrons. The number of thiophene rings is 1. The summed E-state index contributed by atoms with van der Waals surface area (Å²) in [5.41, 5.74) is 12.9. The van der Waals surface area contributed by atoms with Crippen LogP contribution in [-0.4, -0.2) is 0 Å². The van der Waals surface area contributed by atoms with Crippen LogP contribution in [0.2, 0.25) is 0 Å². The van der Waals surface area contributed by atoms with Gasteiger partial charge < -0.3 is 4.90 Å². The van der Waals surface area contributed by atoms with Gasteiger partial charge in [-0.25, -0.2) is 0 Å². The third-order valence-corrected chi connectivity index (χ3v) is 11.4. The van der Waals surface area contributed by atoms with Gasteiger partial charge in [0.25, 0.3) is 0 Å². The molecule has 0 saturated carbocycles. The predicted molar refractivity (Wildman–Crippen MR) is 199 cm³/mol. The molecule has 1 heterocycles. The van der Waals surface area contributed by atoms with E-state index in [1.54, 1.807) is 0 Å². The van der Waals surface area contributed by atoms with E-state index in [-0.39, 0.29) is 5.41 Å². The maximum Gasteiger partial charge on any atom is 0.0540 e. The van der Waals surface area contributed by atoms with Gasteiger partial charge in [0.15, 0.2) is 0 Å². The Morgan fingerprint density at radius 3 is 2.28 bits per heavy atom. The maximum absolute atomic E-state index is 2.44. The standard InChI is InChI=1S/C44H35NS/c1-28-15-22-37-38-27-33(21-24-42(38)46-43(37)25-28)45(41-14-8-10-30-9-4-5-11-34(30)41)32-19-16-29(17-20-32)31-18-23-36-35-12-6-7-13-39(35)44(2,3)40(36)26-31/h4-24,26-28H,25H2,1-3H3. The number of fused-ring (bicyclic) bond motifs is 7. The first-order valence-corrected chi connectivity index (χ1v) is 17.1. The summed E-state index contributed by atoms with van der Waals surface area (Å²) in [5.74, 6) is 0.595. The van der Waals surface area contributed by atoms with Gasteiger partial charge in [-0.1, -0.05) is 118 Å². The molecule has 7 aromatic rings. The van der Waals surface area contributed by atoms with Gasteiger partial charge in [0, 0.05) is 37.1 Å². The van der Waals surface area contributed by atoms with Crippen molar-refractivity contribution in [1.82, 2.24) is 0 Å². The van der Waals surface area contributed by atoms with E-state index in [0.29, 0.717) is 5.92 Å². The molecule has 2 aliphatic rings. The van der Waals surface area contributed by atoms with Gasteiger partial charge in [-0.05, 0) is 99.1 Å². The molecule has 9 rings (SSSR count). The molecular formula is C44H35NS. The molecule has 2 aliphatic carbocycles. The van der Waals surface area contributed by atoms with E-state index in [2.05, 4.69) is 165 Å². The van der Waals surface area contributed by atoms with Crippen LogP contribution < -0.4 is 4.90 Å². The van der Waals surface area contributed by atoms with Crippen molar-refractivity contribution in [3.8, 4) is 22.3 Å². The van der Waals surface area contributed by atoms with Crippen LogP contribution in [0.3, 0.4) is 0 Å². The molecule has 0 N–H and O–H groups in total. The quantitative estimate of drug-likeness (QED) is 0.192. The zero-order valence-electron chi connectivity index (χ0n) is 26.4. The van der Waals surface area contributed by atoms with Crippen molar-refractivity contribution in [3.05, 3.63) is 155 Å². The molecular weight excluding hydrogens is 575 g/mol. The number of hydrogen-bond donors (Lipinski definition) is 0. The summed E-state index contributed by atoms with van der Waals surface area (Å²) < 4.78 is 1.36. The lowest BCUT2D eigenvalue weighted by Crippen LogP contribution is -2.14. The Balaban J connectivity index is 1.16. The van der Waals surface area contributed by atoms with Crippen LogP contribution in [0.1, 0.15) is 42.3 Å². The van der Waals surface area contributed by atoms with Gasteiger partial charge in [-0.15, -0.1) is 11.3 Å². The molecule has 0 amide bonds. The van der Waals surface area contributed by atoms with E-state index in [0.717, 1.165) is 12.1 Å². The van der Waals surface area contributed by atoms with E-state index in [9.17, 15) is 0 Å². The van der Waals surface area contributed by atoms with Gasteiger partial charge in [0.1, 0.15) is 0 Å². The van der Waals surface area contributed by atoms with Crippen LogP contribution >= 0.6 is 11.3 Å². The molecule has 0 spiro atoms. The Bertz CT molecular complexity index is 2330. The highest BCUT2D eigenvalue weighted by Crippen LogP contribution is 2.50. The minimum absolute atomic E-state index is 0.0141. The third-order valence-electron chi connectivity index (χ3n) is 10.2. The Labute approximate surface area is 275 Å². The van der Waals surface area contributed by atoms with Gasteiger partial charge in [0.2, 0.25) is 0 Å². The Kier molecular flexibility index (Phi) is 6.14. The van der Waals surface area contributed by atoms with E-state index in [4.69, 9.17) is 0 Å². The molecule has 46 heavy (non-hydrogen) atoms. The predicted octanol–water partition coefficient (Wildman–Crippen LogP) is 12.7. The van der Waals surface area contributed by atoms with Crippen LogP contribution in [0.4, 0.5) is 17.1 Å². The zero-order valence-corrected chi connectivity index (χ0v) is 27.2. The van der Waals surface area contributed by atoms with Crippen molar-refractivity contribution >= 4 is 55.3 Å². The smallest absolute Gasteiger partial charge is 0.0540 e. The zero-order chi connectivity index (χ0) is 31.0. The molecule has 1 aromatic heterocycles. The highest BCUT2D eigenvalue weighted by molar-refractivity contribution is 7.19. The normalized spacial score (nSPS) is 15.9. The lowest BCUT2D eigenvalue weighted by molar-refractivity contribution is 0.660. The van der Waals surface area contributed by atoms with E-state index >= 15 is 0 Å². The molecule has 0 fully saturated rings. The van der Waals surface area contributed by atoms with Crippen molar-refractivity contribution in [2.24, 2.45) is 5.92 Å². The van der Waals surface area contributed by atoms with Gasteiger partial charge in [-0.2, -0.15) is 0 Å². The highest BCUT2D eigenvalue weighted by Gasteiger charge is 2.35. The van der Waals surface area contributed by atoms with Crippen molar-refractivity contribution in [2.75, 3.05) is 4.90 Å². The number of allylic oxidation sites excluding steroid dienone is 1. The highest BCUT2D eigenvalue weighted by atomic mass is 32.1. The largest absolute Gasteiger partial charge is 0.310 e. The van der Waals surface area contributed by atoms with E-state index in [1.807, 2.05) is 11.3 Å². The second-order valence-electron chi connectivity index (χ2n) is 13.5. The molecule has 1 unspecified atom stereocenters. The first-order valence-electron chi connectivity index (χ1n) is 16.3. The first kappa shape index (κ1) is 27.4. The molecule has 6 aromatic carbocycles. The van der Waals surface area contributed by atoms with E-state index < -0.39 is 0 Å². The first-order chi connectivity index (χ1) is 22.5. The SMILES string of the molecule is CC1C=Cc2c(sc3ccc(N(c4ccc(-c5ccc6c(c5)C(C)(C)c5ccccc5-6)cc4)c4cccc5ccccc45)cc23)C1. The fourth-order valence-corrected chi connectivity index (χ4v) is 9.08. The topological polar surface area (TPSA) is 3.24 Å². The van der Waals surface area contributed by atoms with Crippen LogP contribution in [0.25, 0.3) is 49.2 Å². The third kappa shape index (κ3) is 4.21. The molecule has 0 bridgehead atoms. The molecule has 0 aliphatic heterocycles. The molecule has 1 atom stereocenters. The fourth-order valence-electron chi connectivity index (χ4n) is 7.77. The van der Waals surface area contributed by atoms with Crippen LogP contribution in [0.15, 0.2) is 133 Å². The Hall–Kier alpha value is -4.92. The van der Waals surface area contributed by atoms with Gasteiger partial charge in [-0.3, -0.25) is 0 Å². The van der Waals surface area contributed by atoms with Crippen molar-refractivity contribution in [3.63, 3.8) is 0 Å². The Morgan fingerprint density at radius 2 is 1.39 bits per heavy atom. The van der Waals surface area contributed by atoms with E-state index in [1.165, 1.54) is 76.1 Å². The summed E-state index contributed by atoms with van der Waals surface area (Å²) in [6.45, 7) is 7.01. The van der Waals surface area contributed by atoms with Crippen LogP contribution in [0.5, 0.6) is 0 Å². The maximum atomic E-state index is 2.44. The van der Waals surface area contributed by atoms with Gasteiger partial charge >= 0.3 is 0 Å². The number of hydrogen-bond acceptors (Lipinski definition) is 2. The summed E-state index contributed by atoms with van der Waals surface area (Å²) in [5, 5.41) is 3.84. The molecule has 0 saturated heterocycles. The average molecular weight is 610 g/mol. The fraction of sp³-hybridized carbons (Fsp3) is 0.136. The molecule has 222 valence electrons. The average Bonchev–Trinajstić information content (AvgIpc) is 3.56. The summed E-state index contributed by atoms with van der Waals surface area (Å²) in [6.07, 6.45) is 5.84. The number of rotatable bonds is 4. The summed E-state index contributed by atoms with van der Waals surface area (Å²) in [4.78, 5) is 3.94. The second-order valence-corrected chi connectivity index (χ2v) is 14.6. The van der Waals surface area contributed by atoms with Crippen molar-refractivity contribution in [1.29, 1.82) is 0 Å². The summed E-state index contributed by atoms with van der Waals surface area (Å²) in [7, 11) is 0. The summed E-state index contributed by atoms with van der Waals surface area (Å²) in [6, 6.07) is 47.4. The molecule has 1 nitrogen and oxygen atoms in total. The minimum atomic E-state index is -0.0141. The van der Waals surface area contributed by atoms with Crippen molar-refractivity contribution < 1.29 is 0 Å². The minimum Gasteiger partial charge on any atom is -0.310 e. The lowest BCUT2D eigenvalue weighted by atomic mass is 9.81. The second kappa shape index (κ2) is 10.3. The lowest BCUT2D eigenvalue weighted by Gasteiger charge is -2.27. The van der Waals surface area contributed by atoms with Crippen LogP contribution in [-0.2, 0) is 11.8 Å². The summed E-state index contributed by atoms with van der Waals surface area (Å²) >= 11 is 1.95. The monoisotopic (exact) mass is 609 g/mol. The number of nitrogens with zero attached hydrogens (tertiary/aromatic N) is 1. The van der Waals surface area contributed by atoms with Crippen molar-refractivity contribution in [2.45, 2.75) is 32.6 Å². The number of anilines is 3. The Morgan fingerprint density at radius 1 is 0.652 bits per heavy atom. The van der Waals surface area contributed by atoms with Gasteiger partial charge in [0.05, 0.1) is 5.69 Å². The molecule has 2 heteroatoms. The number of benzene rings is 6.